The van der Waals surface area contributed by atoms with Crippen molar-refractivity contribution in [2.75, 3.05) is 13.1 Å². The lowest BCUT2D eigenvalue weighted by atomic mass is 10.3. The van der Waals surface area contributed by atoms with Gasteiger partial charge in [0.15, 0.2) is 5.96 Å². The summed E-state index contributed by atoms with van der Waals surface area (Å²) in [6.07, 6.45) is 12.3. The Labute approximate surface area is 124 Å². The Hall–Kier alpha value is -2.81. The van der Waals surface area contributed by atoms with E-state index in [1.54, 1.807) is 12.5 Å². The minimum absolute atomic E-state index is 0.448. The topological polar surface area (TPSA) is 67.1 Å². The first-order valence-electron chi connectivity index (χ1n) is 6.72. The van der Waals surface area contributed by atoms with E-state index < -0.39 is 0 Å². The first kappa shape index (κ1) is 14.6. The number of nitrogens with zero attached hydrogens (tertiary/aromatic N) is 4. The molecule has 0 aliphatic carbocycles. The molecule has 0 saturated carbocycles. The molecule has 2 rings (SSSR count). The number of hydrogen-bond donors (Lipinski definition) is 2. The van der Waals surface area contributed by atoms with Crippen molar-refractivity contribution in [3.63, 3.8) is 0 Å². The monoisotopic (exact) mass is 282 g/mol. The van der Waals surface area contributed by atoms with Crippen LogP contribution in [0.3, 0.4) is 0 Å². The fourth-order valence-electron chi connectivity index (χ4n) is 1.70. The average Bonchev–Trinajstić information content (AvgIpc) is 3.05. The van der Waals surface area contributed by atoms with E-state index in [-0.39, 0.29) is 0 Å². The molecule has 6 heteroatoms. The summed E-state index contributed by atoms with van der Waals surface area (Å²) in [5.41, 5.74) is 1.02. The van der Waals surface area contributed by atoms with E-state index >= 15 is 0 Å². The summed E-state index contributed by atoms with van der Waals surface area (Å²) >= 11 is 0. The van der Waals surface area contributed by atoms with E-state index in [0.29, 0.717) is 19.0 Å². The van der Waals surface area contributed by atoms with Gasteiger partial charge in [0, 0.05) is 25.1 Å². The molecule has 21 heavy (non-hydrogen) atoms. The predicted octanol–water partition coefficient (Wildman–Crippen LogP) is 0.956. The maximum Gasteiger partial charge on any atom is 0.192 e. The fourth-order valence-corrected chi connectivity index (χ4v) is 1.70. The molecule has 0 amide bonds. The Bertz CT molecular complexity index is 607. The molecule has 0 radical (unpaired) electrons. The Morgan fingerprint density at radius 3 is 2.95 bits per heavy atom. The normalized spacial score (nSPS) is 11.0. The van der Waals surface area contributed by atoms with Crippen LogP contribution < -0.4 is 10.6 Å². The number of pyridine rings is 1. The Kier molecular flexibility index (Phi) is 5.35. The van der Waals surface area contributed by atoms with E-state index in [1.807, 2.05) is 36.0 Å². The van der Waals surface area contributed by atoms with Crippen molar-refractivity contribution >= 4 is 5.96 Å². The van der Waals surface area contributed by atoms with Crippen LogP contribution in [-0.4, -0.2) is 33.6 Å². The second-order valence-electron chi connectivity index (χ2n) is 4.25. The Morgan fingerprint density at radius 1 is 1.43 bits per heavy atom. The number of guanidine groups is 1. The lowest BCUT2D eigenvalue weighted by Crippen LogP contribution is -2.37. The summed E-state index contributed by atoms with van der Waals surface area (Å²) in [6, 6.07) is 3.94. The molecule has 2 N–H and O–H groups in total. The van der Waals surface area contributed by atoms with Gasteiger partial charge in [0.2, 0.25) is 0 Å². The third-order valence-corrected chi connectivity index (χ3v) is 2.70. The van der Waals surface area contributed by atoms with Crippen LogP contribution in [0.5, 0.6) is 0 Å². The van der Waals surface area contributed by atoms with Gasteiger partial charge in [0.05, 0.1) is 13.1 Å². The van der Waals surface area contributed by atoms with Crippen LogP contribution in [0.2, 0.25) is 0 Å². The van der Waals surface area contributed by atoms with Gasteiger partial charge in [-0.05, 0) is 18.6 Å². The van der Waals surface area contributed by atoms with Crippen LogP contribution in [0.1, 0.15) is 12.5 Å². The number of rotatable bonds is 5. The molecule has 0 aliphatic rings. The summed E-state index contributed by atoms with van der Waals surface area (Å²) in [5, 5.41) is 6.18. The smallest absolute Gasteiger partial charge is 0.192 e. The van der Waals surface area contributed by atoms with Gasteiger partial charge in [-0.25, -0.2) is 15.0 Å². The van der Waals surface area contributed by atoms with E-state index in [9.17, 15) is 0 Å². The maximum absolute atomic E-state index is 5.23. The lowest BCUT2D eigenvalue weighted by Gasteiger charge is -2.08. The number of aromatic nitrogens is 3. The standard InChI is InChI=1S/C15H18N6/c1-3-7-18-15(17-4-2)20-11-13-5-6-14(19-10-13)21-9-8-16-12-21/h1,5-6,8-10,12H,4,7,11H2,2H3,(H2,17,18,20). The number of imidazole rings is 1. The van der Waals surface area contributed by atoms with E-state index in [1.165, 1.54) is 0 Å². The molecule has 0 aromatic carbocycles. The third kappa shape index (κ3) is 4.35. The molecule has 0 fully saturated rings. The summed E-state index contributed by atoms with van der Waals surface area (Å²) in [7, 11) is 0. The van der Waals surface area contributed by atoms with E-state index in [4.69, 9.17) is 6.42 Å². The van der Waals surface area contributed by atoms with Crippen LogP contribution in [0.4, 0.5) is 0 Å². The molecule has 0 spiro atoms. The van der Waals surface area contributed by atoms with Crippen molar-refractivity contribution in [2.45, 2.75) is 13.5 Å². The predicted molar refractivity (Wildman–Crippen MR) is 83.0 cm³/mol. The number of terminal acetylenes is 1. The van der Waals surface area contributed by atoms with Crippen LogP contribution in [0.15, 0.2) is 42.0 Å². The van der Waals surface area contributed by atoms with Crippen molar-refractivity contribution in [1.29, 1.82) is 0 Å². The molecule has 0 unspecified atom stereocenters. The molecule has 2 aromatic rings. The zero-order valence-electron chi connectivity index (χ0n) is 12.0. The molecule has 0 atom stereocenters. The van der Waals surface area contributed by atoms with Crippen molar-refractivity contribution in [2.24, 2.45) is 4.99 Å². The highest BCUT2D eigenvalue weighted by atomic mass is 15.2. The van der Waals surface area contributed by atoms with Gasteiger partial charge < -0.3 is 10.6 Å². The molecule has 0 saturated heterocycles. The van der Waals surface area contributed by atoms with Crippen molar-refractivity contribution in [3.05, 3.63) is 42.6 Å². The summed E-state index contributed by atoms with van der Waals surface area (Å²) < 4.78 is 1.85. The minimum atomic E-state index is 0.448. The lowest BCUT2D eigenvalue weighted by molar-refractivity contribution is 0.863. The van der Waals surface area contributed by atoms with Gasteiger partial charge >= 0.3 is 0 Å². The van der Waals surface area contributed by atoms with E-state index in [0.717, 1.165) is 17.9 Å². The van der Waals surface area contributed by atoms with Gasteiger partial charge in [0.25, 0.3) is 0 Å². The van der Waals surface area contributed by atoms with Crippen LogP contribution in [0, 0.1) is 12.3 Å². The first-order valence-corrected chi connectivity index (χ1v) is 6.72. The van der Waals surface area contributed by atoms with Crippen molar-refractivity contribution in [1.82, 2.24) is 25.2 Å². The Morgan fingerprint density at radius 2 is 2.33 bits per heavy atom. The first-order chi connectivity index (χ1) is 10.3. The highest BCUT2D eigenvalue weighted by Gasteiger charge is 1.99. The fraction of sp³-hybridized carbons (Fsp3) is 0.267. The van der Waals surface area contributed by atoms with Gasteiger partial charge in [-0.1, -0.05) is 12.0 Å². The average molecular weight is 282 g/mol. The highest BCUT2D eigenvalue weighted by molar-refractivity contribution is 5.79. The van der Waals surface area contributed by atoms with Gasteiger partial charge in [-0.2, -0.15) is 0 Å². The minimum Gasteiger partial charge on any atom is -0.357 e. The van der Waals surface area contributed by atoms with Crippen molar-refractivity contribution < 1.29 is 0 Å². The largest absolute Gasteiger partial charge is 0.357 e. The van der Waals surface area contributed by atoms with Crippen LogP contribution in [-0.2, 0) is 6.54 Å². The summed E-state index contributed by atoms with van der Waals surface area (Å²) in [6.45, 7) is 3.78. The molecule has 2 heterocycles. The van der Waals surface area contributed by atoms with Gasteiger partial charge in [0.1, 0.15) is 12.1 Å². The van der Waals surface area contributed by atoms with Crippen LogP contribution >= 0.6 is 0 Å². The molecule has 0 bridgehead atoms. The second kappa shape index (κ2) is 7.70. The molecule has 108 valence electrons. The number of nitrogens with one attached hydrogen (secondary N) is 2. The van der Waals surface area contributed by atoms with E-state index in [2.05, 4.69) is 31.5 Å². The molecular formula is C15H18N6. The molecule has 0 aliphatic heterocycles. The van der Waals surface area contributed by atoms with Gasteiger partial charge in [-0.3, -0.25) is 4.57 Å². The quantitative estimate of drug-likeness (QED) is 0.487. The van der Waals surface area contributed by atoms with Crippen molar-refractivity contribution in [3.8, 4) is 18.2 Å². The van der Waals surface area contributed by atoms with Gasteiger partial charge in [-0.15, -0.1) is 6.42 Å². The number of aliphatic imine (C=N–C) groups is 1. The second-order valence-corrected chi connectivity index (χ2v) is 4.25. The summed E-state index contributed by atoms with van der Waals surface area (Å²) in [5.74, 6) is 4.06. The highest BCUT2D eigenvalue weighted by Crippen LogP contribution is 2.06. The SMILES string of the molecule is C#CCNC(=NCc1ccc(-n2ccnc2)nc1)NCC. The zero-order chi connectivity index (χ0) is 14.9. The molecular weight excluding hydrogens is 264 g/mol. The van der Waals surface area contributed by atoms with Crippen LogP contribution in [0.25, 0.3) is 5.82 Å². The maximum atomic E-state index is 5.23. The number of hydrogen-bond acceptors (Lipinski definition) is 3. The third-order valence-electron chi connectivity index (χ3n) is 2.70. The Balaban J connectivity index is 2.00. The summed E-state index contributed by atoms with van der Waals surface area (Å²) in [4.78, 5) is 12.8. The zero-order valence-corrected chi connectivity index (χ0v) is 12.0. The molecule has 2 aromatic heterocycles. The molecule has 6 nitrogen and oxygen atoms in total.